The van der Waals surface area contributed by atoms with Crippen molar-refractivity contribution in [3.63, 3.8) is 0 Å². The number of rotatable bonds is 5. The number of fused-ring (bicyclic) bond motifs is 2. The first-order valence-electron chi connectivity index (χ1n) is 9.55. The minimum Gasteiger partial charge on any atom is -0.334 e. The third kappa shape index (κ3) is 3.46. The lowest BCUT2D eigenvalue weighted by Crippen LogP contribution is -2.06. The summed E-state index contributed by atoms with van der Waals surface area (Å²) in [7, 11) is 0. The summed E-state index contributed by atoms with van der Waals surface area (Å²) in [4.78, 5) is 24.1. The predicted molar refractivity (Wildman–Crippen MR) is 121 cm³/mol. The highest BCUT2D eigenvalue weighted by atomic mass is 16.6. The molecular weight excluding hydrogens is 392 g/mol. The molecule has 0 aliphatic heterocycles. The van der Waals surface area contributed by atoms with E-state index >= 15 is 0 Å². The van der Waals surface area contributed by atoms with Crippen molar-refractivity contribution in [3.05, 3.63) is 95.4 Å². The summed E-state index contributed by atoms with van der Waals surface area (Å²) in [6, 6.07) is 22.8. The molecule has 0 saturated carbocycles. The van der Waals surface area contributed by atoms with Crippen LogP contribution in [-0.2, 0) is 0 Å². The molecule has 8 heteroatoms. The fourth-order valence-corrected chi connectivity index (χ4v) is 3.54. The number of aromatic nitrogens is 3. The lowest BCUT2D eigenvalue weighted by molar-refractivity contribution is -0.383. The van der Waals surface area contributed by atoms with Gasteiger partial charge in [-0.3, -0.25) is 15.1 Å². The van der Waals surface area contributed by atoms with E-state index in [1.165, 1.54) is 6.33 Å². The lowest BCUT2D eigenvalue weighted by atomic mass is 10.1. The topological polar surface area (TPSA) is 106 Å². The smallest absolute Gasteiger partial charge is 0.334 e. The SMILES string of the molecule is O=[N+]([O-])c1c(Nc2cccc3ccccc23)ncnc1Nc1cccc2ncccc12. The van der Waals surface area contributed by atoms with Crippen molar-refractivity contribution in [2.45, 2.75) is 0 Å². The van der Waals surface area contributed by atoms with Gasteiger partial charge in [0.15, 0.2) is 0 Å². The van der Waals surface area contributed by atoms with Crippen molar-refractivity contribution >= 4 is 50.4 Å². The van der Waals surface area contributed by atoms with E-state index in [9.17, 15) is 10.1 Å². The van der Waals surface area contributed by atoms with Gasteiger partial charge in [0.05, 0.1) is 10.4 Å². The van der Waals surface area contributed by atoms with E-state index < -0.39 is 4.92 Å². The Morgan fingerprint density at radius 1 is 0.710 bits per heavy atom. The van der Waals surface area contributed by atoms with Crippen molar-refractivity contribution in [2.75, 3.05) is 10.6 Å². The second-order valence-corrected chi connectivity index (χ2v) is 6.83. The molecule has 5 rings (SSSR count). The summed E-state index contributed by atoms with van der Waals surface area (Å²) >= 11 is 0. The molecule has 0 amide bonds. The molecule has 3 aromatic carbocycles. The van der Waals surface area contributed by atoms with Crippen molar-refractivity contribution in [1.82, 2.24) is 15.0 Å². The van der Waals surface area contributed by atoms with Crippen LogP contribution in [0.5, 0.6) is 0 Å². The molecule has 150 valence electrons. The number of pyridine rings is 1. The average molecular weight is 408 g/mol. The number of hydrogen-bond acceptors (Lipinski definition) is 7. The van der Waals surface area contributed by atoms with Gasteiger partial charge in [-0.25, -0.2) is 9.97 Å². The first-order valence-corrected chi connectivity index (χ1v) is 9.55. The van der Waals surface area contributed by atoms with E-state index in [4.69, 9.17) is 0 Å². The van der Waals surface area contributed by atoms with Crippen LogP contribution in [0.1, 0.15) is 0 Å². The third-order valence-electron chi connectivity index (χ3n) is 4.95. The van der Waals surface area contributed by atoms with Gasteiger partial charge in [-0.2, -0.15) is 0 Å². The van der Waals surface area contributed by atoms with E-state index in [-0.39, 0.29) is 17.3 Å². The van der Waals surface area contributed by atoms with E-state index in [1.54, 1.807) is 6.20 Å². The zero-order valence-electron chi connectivity index (χ0n) is 16.2. The van der Waals surface area contributed by atoms with Gasteiger partial charge < -0.3 is 10.6 Å². The van der Waals surface area contributed by atoms with Gasteiger partial charge >= 0.3 is 5.69 Å². The summed E-state index contributed by atoms with van der Waals surface area (Å²) in [5, 5.41) is 21.0. The largest absolute Gasteiger partial charge is 0.353 e. The zero-order chi connectivity index (χ0) is 21.2. The molecule has 0 fully saturated rings. The van der Waals surface area contributed by atoms with Gasteiger partial charge in [-0.1, -0.05) is 42.5 Å². The van der Waals surface area contributed by atoms with Crippen LogP contribution in [0.15, 0.2) is 85.3 Å². The average Bonchev–Trinajstić information content (AvgIpc) is 2.79. The molecule has 0 aliphatic carbocycles. The maximum absolute atomic E-state index is 12.0. The quantitative estimate of drug-likeness (QED) is 0.289. The molecule has 0 aliphatic rings. The molecule has 2 N–H and O–H groups in total. The second-order valence-electron chi connectivity index (χ2n) is 6.83. The van der Waals surface area contributed by atoms with Gasteiger partial charge in [0.25, 0.3) is 0 Å². The van der Waals surface area contributed by atoms with Crippen LogP contribution in [0.2, 0.25) is 0 Å². The molecule has 31 heavy (non-hydrogen) atoms. The van der Waals surface area contributed by atoms with Crippen LogP contribution < -0.4 is 10.6 Å². The van der Waals surface area contributed by atoms with E-state index in [0.29, 0.717) is 5.69 Å². The lowest BCUT2D eigenvalue weighted by Gasteiger charge is -2.12. The third-order valence-corrected chi connectivity index (χ3v) is 4.95. The predicted octanol–water partition coefficient (Wildman–Crippen LogP) is 5.57. The van der Waals surface area contributed by atoms with Crippen molar-refractivity contribution in [1.29, 1.82) is 0 Å². The first-order chi connectivity index (χ1) is 15.2. The minimum atomic E-state index is -0.487. The van der Waals surface area contributed by atoms with Gasteiger partial charge in [0, 0.05) is 28.3 Å². The van der Waals surface area contributed by atoms with Crippen LogP contribution in [0.4, 0.5) is 28.7 Å². The molecular formula is C23H16N6O2. The molecule has 0 spiro atoms. The molecule has 5 aromatic rings. The molecule has 0 unspecified atom stereocenters. The number of nitrogens with one attached hydrogen (secondary N) is 2. The van der Waals surface area contributed by atoms with E-state index in [0.717, 1.165) is 27.4 Å². The Balaban J connectivity index is 1.59. The van der Waals surface area contributed by atoms with Crippen LogP contribution in [0.25, 0.3) is 21.7 Å². The Hall–Kier alpha value is -4.59. The number of anilines is 4. The van der Waals surface area contributed by atoms with Crippen molar-refractivity contribution in [3.8, 4) is 0 Å². The summed E-state index contributed by atoms with van der Waals surface area (Å²) in [5.74, 6) is 0.205. The highest BCUT2D eigenvalue weighted by Gasteiger charge is 2.24. The highest BCUT2D eigenvalue weighted by Crippen LogP contribution is 2.36. The van der Waals surface area contributed by atoms with Gasteiger partial charge in [-0.15, -0.1) is 0 Å². The van der Waals surface area contributed by atoms with Crippen LogP contribution >= 0.6 is 0 Å². The molecule has 0 radical (unpaired) electrons. The monoisotopic (exact) mass is 408 g/mol. The summed E-state index contributed by atoms with van der Waals surface area (Å²) < 4.78 is 0. The molecule has 2 heterocycles. The Morgan fingerprint density at radius 3 is 2.13 bits per heavy atom. The number of hydrogen-bond donors (Lipinski definition) is 2. The summed E-state index contributed by atoms with van der Waals surface area (Å²) in [6.45, 7) is 0. The van der Waals surface area contributed by atoms with Crippen LogP contribution in [0.3, 0.4) is 0 Å². The Morgan fingerprint density at radius 2 is 1.35 bits per heavy atom. The summed E-state index contributed by atoms with van der Waals surface area (Å²) in [5.41, 5.74) is 1.93. The number of nitro groups is 1. The van der Waals surface area contributed by atoms with Crippen LogP contribution in [0, 0.1) is 10.1 Å². The highest BCUT2D eigenvalue weighted by molar-refractivity contribution is 5.97. The first kappa shape index (κ1) is 18.4. The van der Waals surface area contributed by atoms with Gasteiger partial charge in [0.2, 0.25) is 11.6 Å². The van der Waals surface area contributed by atoms with Crippen molar-refractivity contribution < 1.29 is 4.92 Å². The maximum Gasteiger partial charge on any atom is 0.353 e. The van der Waals surface area contributed by atoms with E-state index in [2.05, 4.69) is 25.6 Å². The normalized spacial score (nSPS) is 10.8. The molecule has 0 bridgehead atoms. The van der Waals surface area contributed by atoms with Crippen molar-refractivity contribution in [2.24, 2.45) is 0 Å². The van der Waals surface area contributed by atoms with Gasteiger partial charge in [-0.05, 0) is 35.7 Å². The molecule has 8 nitrogen and oxygen atoms in total. The molecule has 0 atom stereocenters. The standard InChI is InChI=1S/C23H16N6O2/c30-29(31)21-22(27-19-11-3-7-15-6-1-2-8-16(15)19)25-14-26-23(21)28-20-12-4-10-18-17(20)9-5-13-24-18/h1-14H,(H2,25,26,27,28). The Kier molecular flexibility index (Phi) is 4.57. The Labute approximate surface area is 176 Å². The zero-order valence-corrected chi connectivity index (χ0v) is 16.2. The minimum absolute atomic E-state index is 0.0964. The number of nitrogens with zero attached hydrogens (tertiary/aromatic N) is 4. The van der Waals surface area contributed by atoms with E-state index in [1.807, 2.05) is 72.8 Å². The second kappa shape index (κ2) is 7.68. The molecule has 2 aromatic heterocycles. The molecule has 0 saturated heterocycles. The maximum atomic E-state index is 12.0. The fraction of sp³-hybridized carbons (Fsp3) is 0. The van der Waals surface area contributed by atoms with Gasteiger partial charge in [0.1, 0.15) is 6.33 Å². The Bertz CT molecular complexity index is 1330. The summed E-state index contributed by atoms with van der Waals surface area (Å²) in [6.07, 6.45) is 3.00. The number of benzene rings is 3. The fourth-order valence-electron chi connectivity index (χ4n) is 3.54. The van der Waals surface area contributed by atoms with Crippen LogP contribution in [-0.4, -0.2) is 19.9 Å².